The lowest BCUT2D eigenvalue weighted by molar-refractivity contribution is 0.00592. The number of anilines is 1. The Kier molecular flexibility index (Phi) is 9.76. The molecule has 0 radical (unpaired) electrons. The fraction of sp³-hybridized carbons (Fsp3) is 0.333. The Morgan fingerprint density at radius 1 is 0.974 bits per heavy atom. The fourth-order valence-corrected chi connectivity index (χ4v) is 4.53. The van der Waals surface area contributed by atoms with E-state index in [-0.39, 0.29) is 18.1 Å². The molecule has 8 heteroatoms. The number of hydrogen-bond donors (Lipinski definition) is 1. The molecule has 1 N–H and O–H groups in total. The minimum Gasteiger partial charge on any atom is -0.462 e. The third kappa shape index (κ3) is 7.81. The largest absolute Gasteiger partial charge is 0.462 e. The molecule has 0 unspecified atom stereocenters. The Hall–Kier alpha value is -3.39. The van der Waals surface area contributed by atoms with Gasteiger partial charge in [-0.1, -0.05) is 53.6 Å². The van der Waals surface area contributed by atoms with Gasteiger partial charge < -0.3 is 19.7 Å². The first kappa shape index (κ1) is 27.6. The first-order chi connectivity index (χ1) is 18.4. The van der Waals surface area contributed by atoms with E-state index in [0.717, 1.165) is 30.8 Å². The van der Waals surface area contributed by atoms with Crippen LogP contribution in [0.4, 0.5) is 10.5 Å². The number of benzene rings is 3. The van der Waals surface area contributed by atoms with Gasteiger partial charge >= 0.3 is 12.0 Å². The maximum absolute atomic E-state index is 12.8. The number of amides is 2. The summed E-state index contributed by atoms with van der Waals surface area (Å²) < 4.78 is 11.4. The molecule has 1 heterocycles. The van der Waals surface area contributed by atoms with Crippen LogP contribution in [-0.4, -0.2) is 61.1 Å². The number of halogens is 1. The SMILES string of the molecule is CCOC(=O)c1ccc(NC(=O)N2CCN(C[C@@H](OCc3cccc(C)c3)c3ccc(Cl)cc3)CC2)cc1. The Morgan fingerprint density at radius 3 is 2.34 bits per heavy atom. The van der Waals surface area contributed by atoms with Crippen LogP contribution in [0.5, 0.6) is 0 Å². The summed E-state index contributed by atoms with van der Waals surface area (Å²) in [6.45, 7) is 8.11. The van der Waals surface area contributed by atoms with E-state index in [1.54, 1.807) is 36.1 Å². The Morgan fingerprint density at radius 2 is 1.68 bits per heavy atom. The topological polar surface area (TPSA) is 71.1 Å². The van der Waals surface area contributed by atoms with Crippen LogP contribution in [0.15, 0.2) is 72.8 Å². The number of hydrogen-bond acceptors (Lipinski definition) is 5. The van der Waals surface area contributed by atoms with Gasteiger partial charge in [-0.25, -0.2) is 9.59 Å². The van der Waals surface area contributed by atoms with Crippen molar-refractivity contribution in [1.29, 1.82) is 0 Å². The molecule has 0 spiro atoms. The highest BCUT2D eigenvalue weighted by Gasteiger charge is 2.24. The molecule has 1 atom stereocenters. The molecule has 1 aliphatic heterocycles. The van der Waals surface area contributed by atoms with E-state index in [9.17, 15) is 9.59 Å². The predicted molar refractivity (Wildman–Crippen MR) is 150 cm³/mol. The zero-order chi connectivity index (χ0) is 26.9. The van der Waals surface area contributed by atoms with E-state index in [1.807, 2.05) is 30.3 Å². The zero-order valence-corrected chi connectivity index (χ0v) is 22.6. The molecule has 0 aromatic heterocycles. The number of ether oxygens (including phenoxy) is 2. The van der Waals surface area contributed by atoms with Gasteiger partial charge in [-0.3, -0.25) is 4.90 Å². The number of aryl methyl sites for hydroxylation is 1. The van der Waals surface area contributed by atoms with Crippen molar-refractivity contribution in [1.82, 2.24) is 9.80 Å². The molecule has 0 aliphatic carbocycles. The predicted octanol–water partition coefficient (Wildman–Crippen LogP) is 5.93. The molecular formula is C30H34ClN3O4. The van der Waals surface area contributed by atoms with Crippen molar-refractivity contribution in [3.63, 3.8) is 0 Å². The molecule has 4 rings (SSSR count). The first-order valence-corrected chi connectivity index (χ1v) is 13.3. The quantitative estimate of drug-likeness (QED) is 0.344. The van der Waals surface area contributed by atoms with Crippen LogP contribution in [0.2, 0.25) is 5.02 Å². The number of urea groups is 1. The number of piperazine rings is 1. The van der Waals surface area contributed by atoms with Crippen molar-refractivity contribution < 1.29 is 19.1 Å². The Balaban J connectivity index is 1.31. The van der Waals surface area contributed by atoms with Gasteiger partial charge in [-0.15, -0.1) is 0 Å². The number of rotatable bonds is 9. The smallest absolute Gasteiger partial charge is 0.338 e. The van der Waals surface area contributed by atoms with Crippen molar-refractivity contribution >= 4 is 29.3 Å². The second-order valence-electron chi connectivity index (χ2n) is 9.36. The third-order valence-electron chi connectivity index (χ3n) is 6.51. The summed E-state index contributed by atoms with van der Waals surface area (Å²) in [6, 6.07) is 22.7. The normalized spacial score (nSPS) is 14.7. The molecule has 0 saturated carbocycles. The molecule has 3 aromatic rings. The van der Waals surface area contributed by atoms with Crippen LogP contribution in [0.1, 0.15) is 40.1 Å². The maximum Gasteiger partial charge on any atom is 0.338 e. The van der Waals surface area contributed by atoms with Crippen molar-refractivity contribution in [2.45, 2.75) is 26.6 Å². The van der Waals surface area contributed by atoms with Gasteiger partial charge in [0.05, 0.1) is 24.9 Å². The minimum absolute atomic E-state index is 0.119. The van der Waals surface area contributed by atoms with Crippen molar-refractivity contribution in [2.24, 2.45) is 0 Å². The Bertz CT molecular complexity index is 1210. The summed E-state index contributed by atoms with van der Waals surface area (Å²) in [5, 5.41) is 3.61. The van der Waals surface area contributed by atoms with Gasteiger partial charge in [0.25, 0.3) is 0 Å². The zero-order valence-electron chi connectivity index (χ0n) is 21.9. The standard InChI is InChI=1S/C30H34ClN3O4/c1-3-37-29(35)25-9-13-27(14-10-25)32-30(36)34-17-15-33(16-18-34)20-28(24-7-11-26(31)12-8-24)38-21-23-6-4-5-22(2)19-23/h4-14,19,28H,3,15-18,20-21H2,1-2H3,(H,32,36)/t28-/m1/s1. The van der Waals surface area contributed by atoms with Gasteiger partial charge in [-0.05, 0) is 61.4 Å². The molecule has 1 saturated heterocycles. The highest BCUT2D eigenvalue weighted by atomic mass is 35.5. The Labute approximate surface area is 229 Å². The van der Waals surface area contributed by atoms with Crippen molar-refractivity contribution in [2.75, 3.05) is 44.6 Å². The number of nitrogens with one attached hydrogen (secondary N) is 1. The van der Waals surface area contributed by atoms with E-state index in [1.165, 1.54) is 5.56 Å². The van der Waals surface area contributed by atoms with Crippen LogP contribution < -0.4 is 5.32 Å². The van der Waals surface area contributed by atoms with Crippen LogP contribution >= 0.6 is 11.6 Å². The summed E-state index contributed by atoms with van der Waals surface area (Å²) >= 11 is 6.12. The van der Waals surface area contributed by atoms with E-state index in [2.05, 4.69) is 35.3 Å². The van der Waals surface area contributed by atoms with E-state index >= 15 is 0 Å². The van der Waals surface area contributed by atoms with Crippen LogP contribution in [0.25, 0.3) is 0 Å². The first-order valence-electron chi connectivity index (χ1n) is 12.9. The van der Waals surface area contributed by atoms with Gasteiger partial charge in [-0.2, -0.15) is 0 Å². The maximum atomic E-state index is 12.8. The molecule has 38 heavy (non-hydrogen) atoms. The summed E-state index contributed by atoms with van der Waals surface area (Å²) in [5.41, 5.74) is 4.52. The lowest BCUT2D eigenvalue weighted by Gasteiger charge is -2.36. The van der Waals surface area contributed by atoms with Gasteiger partial charge in [0.15, 0.2) is 0 Å². The monoisotopic (exact) mass is 535 g/mol. The number of nitrogens with zero attached hydrogens (tertiary/aromatic N) is 2. The average molecular weight is 536 g/mol. The summed E-state index contributed by atoms with van der Waals surface area (Å²) in [6.07, 6.45) is -0.119. The number of esters is 1. The molecule has 200 valence electrons. The van der Waals surface area contributed by atoms with Gasteiger partial charge in [0.2, 0.25) is 0 Å². The average Bonchev–Trinajstić information content (AvgIpc) is 2.92. The summed E-state index contributed by atoms with van der Waals surface area (Å²) in [4.78, 5) is 28.8. The van der Waals surface area contributed by atoms with Gasteiger partial charge in [0.1, 0.15) is 0 Å². The van der Waals surface area contributed by atoms with Gasteiger partial charge in [0, 0.05) is 43.4 Å². The van der Waals surface area contributed by atoms with Crippen LogP contribution in [-0.2, 0) is 16.1 Å². The lowest BCUT2D eigenvalue weighted by Crippen LogP contribution is -2.50. The molecule has 7 nitrogen and oxygen atoms in total. The molecule has 2 amide bonds. The van der Waals surface area contributed by atoms with Crippen molar-refractivity contribution in [3.8, 4) is 0 Å². The summed E-state index contributed by atoms with van der Waals surface area (Å²) in [7, 11) is 0. The van der Waals surface area contributed by atoms with E-state index in [4.69, 9.17) is 21.1 Å². The fourth-order valence-electron chi connectivity index (χ4n) is 4.41. The summed E-state index contributed by atoms with van der Waals surface area (Å²) in [5.74, 6) is -0.374. The molecule has 1 aliphatic rings. The molecule has 0 bridgehead atoms. The molecule has 3 aromatic carbocycles. The lowest BCUT2D eigenvalue weighted by atomic mass is 10.1. The second kappa shape index (κ2) is 13.4. The molecule has 1 fully saturated rings. The van der Waals surface area contributed by atoms with Crippen LogP contribution in [0, 0.1) is 6.92 Å². The second-order valence-corrected chi connectivity index (χ2v) is 9.79. The highest BCUT2D eigenvalue weighted by Crippen LogP contribution is 2.24. The number of carbonyl (C=O) groups excluding carboxylic acids is 2. The van der Waals surface area contributed by atoms with E-state index < -0.39 is 0 Å². The highest BCUT2D eigenvalue weighted by molar-refractivity contribution is 6.30. The minimum atomic E-state index is -0.374. The third-order valence-corrected chi connectivity index (χ3v) is 6.76. The van der Waals surface area contributed by atoms with Crippen LogP contribution in [0.3, 0.4) is 0 Å². The van der Waals surface area contributed by atoms with E-state index in [0.29, 0.717) is 42.6 Å². The van der Waals surface area contributed by atoms with Crippen molar-refractivity contribution in [3.05, 3.63) is 100 Å². The number of carbonyl (C=O) groups is 2. The molecular weight excluding hydrogens is 502 g/mol.